The monoisotopic (exact) mass is 490 g/mol. The van der Waals surface area contributed by atoms with Gasteiger partial charge in [0.15, 0.2) is 0 Å². The summed E-state index contributed by atoms with van der Waals surface area (Å²) in [6, 6.07) is 21.1. The van der Waals surface area contributed by atoms with Crippen molar-refractivity contribution in [3.8, 4) is 5.75 Å². The summed E-state index contributed by atoms with van der Waals surface area (Å²) in [5.74, 6) is 0.933. The van der Waals surface area contributed by atoms with E-state index in [4.69, 9.17) is 4.18 Å². The molecule has 0 amide bonds. The molecule has 35 heavy (non-hydrogen) atoms. The zero-order chi connectivity index (χ0) is 24.4. The molecule has 1 aromatic heterocycles. The molecule has 180 valence electrons. The second-order valence-corrected chi connectivity index (χ2v) is 10.2. The molecule has 1 aliphatic heterocycles. The standard InChI is InChI=1S/C26H26N4O4S/c1-19-9-11-22(12-10-19)35(32,33)34-21-6-4-5-20(17-21)30-15-13-29(14-16-30)18-25-27-24-8-3-2-7-23(24)26(31)28-25/h2-12,17H,13-16,18H2,1H3,(H,27,28,31). The lowest BCUT2D eigenvalue weighted by Gasteiger charge is -2.35. The van der Waals surface area contributed by atoms with Crippen LogP contribution in [0, 0.1) is 6.92 Å². The van der Waals surface area contributed by atoms with Crippen LogP contribution in [0.1, 0.15) is 11.4 Å². The normalized spacial score (nSPS) is 14.8. The van der Waals surface area contributed by atoms with Crippen LogP contribution in [-0.2, 0) is 16.7 Å². The quantitative estimate of drug-likeness (QED) is 0.414. The summed E-state index contributed by atoms with van der Waals surface area (Å²) < 4.78 is 30.7. The molecule has 5 rings (SSSR count). The fourth-order valence-electron chi connectivity index (χ4n) is 4.20. The van der Waals surface area contributed by atoms with E-state index >= 15 is 0 Å². The Kier molecular flexibility index (Phi) is 6.27. The van der Waals surface area contributed by atoms with E-state index in [1.54, 1.807) is 48.5 Å². The molecule has 1 N–H and O–H groups in total. The Balaban J connectivity index is 1.23. The number of aromatic amines is 1. The molecule has 2 heterocycles. The van der Waals surface area contributed by atoms with Gasteiger partial charge in [0, 0.05) is 37.9 Å². The molecule has 0 unspecified atom stereocenters. The third-order valence-electron chi connectivity index (χ3n) is 6.11. The number of benzene rings is 3. The zero-order valence-electron chi connectivity index (χ0n) is 19.3. The van der Waals surface area contributed by atoms with Crippen LogP contribution in [0.25, 0.3) is 10.9 Å². The molecule has 1 saturated heterocycles. The molecule has 0 radical (unpaired) electrons. The van der Waals surface area contributed by atoms with E-state index in [-0.39, 0.29) is 16.2 Å². The van der Waals surface area contributed by atoms with E-state index in [2.05, 4.69) is 19.8 Å². The number of aryl methyl sites for hydroxylation is 1. The van der Waals surface area contributed by atoms with Crippen molar-refractivity contribution in [3.63, 3.8) is 0 Å². The average molecular weight is 491 g/mol. The maximum atomic E-state index is 12.6. The fourth-order valence-corrected chi connectivity index (χ4v) is 5.12. The first-order chi connectivity index (χ1) is 16.9. The third-order valence-corrected chi connectivity index (χ3v) is 7.37. The predicted octanol–water partition coefficient (Wildman–Crippen LogP) is 3.32. The van der Waals surface area contributed by atoms with Gasteiger partial charge in [0.2, 0.25) is 0 Å². The van der Waals surface area contributed by atoms with E-state index < -0.39 is 10.1 Å². The van der Waals surface area contributed by atoms with Crippen LogP contribution in [0.15, 0.2) is 82.5 Å². The lowest BCUT2D eigenvalue weighted by molar-refractivity contribution is 0.244. The van der Waals surface area contributed by atoms with Gasteiger partial charge in [-0.05, 0) is 43.3 Å². The molecular weight excluding hydrogens is 464 g/mol. The van der Waals surface area contributed by atoms with Crippen LogP contribution in [0.5, 0.6) is 5.75 Å². The Morgan fingerprint density at radius 3 is 2.46 bits per heavy atom. The van der Waals surface area contributed by atoms with Crippen LogP contribution in [0.4, 0.5) is 5.69 Å². The highest BCUT2D eigenvalue weighted by atomic mass is 32.2. The Labute approximate surface area is 203 Å². The van der Waals surface area contributed by atoms with Crippen LogP contribution in [-0.4, -0.2) is 49.5 Å². The minimum Gasteiger partial charge on any atom is -0.379 e. The molecule has 0 saturated carbocycles. The highest BCUT2D eigenvalue weighted by Crippen LogP contribution is 2.25. The Morgan fingerprint density at radius 1 is 0.943 bits per heavy atom. The molecule has 8 nitrogen and oxygen atoms in total. The van der Waals surface area contributed by atoms with Crippen molar-refractivity contribution in [1.29, 1.82) is 0 Å². The molecule has 9 heteroatoms. The van der Waals surface area contributed by atoms with E-state index in [9.17, 15) is 13.2 Å². The highest BCUT2D eigenvalue weighted by molar-refractivity contribution is 7.87. The predicted molar refractivity (Wildman–Crippen MR) is 135 cm³/mol. The van der Waals surface area contributed by atoms with Gasteiger partial charge >= 0.3 is 10.1 Å². The first-order valence-corrected chi connectivity index (χ1v) is 12.8. The lowest BCUT2D eigenvalue weighted by Crippen LogP contribution is -2.46. The van der Waals surface area contributed by atoms with Crippen molar-refractivity contribution in [2.45, 2.75) is 18.4 Å². The Morgan fingerprint density at radius 2 is 1.69 bits per heavy atom. The second kappa shape index (κ2) is 9.52. The van der Waals surface area contributed by atoms with Gasteiger partial charge < -0.3 is 14.1 Å². The molecule has 1 fully saturated rings. The van der Waals surface area contributed by atoms with Crippen molar-refractivity contribution in [2.24, 2.45) is 0 Å². The van der Waals surface area contributed by atoms with E-state index in [1.165, 1.54) is 0 Å². The summed E-state index contributed by atoms with van der Waals surface area (Å²) in [4.78, 5) is 24.4. The van der Waals surface area contributed by atoms with E-state index in [0.29, 0.717) is 23.3 Å². The molecular formula is C26H26N4O4S. The number of hydrogen-bond acceptors (Lipinski definition) is 7. The molecule has 4 aromatic rings. The Hall–Kier alpha value is -3.69. The van der Waals surface area contributed by atoms with Gasteiger partial charge in [-0.25, -0.2) is 4.98 Å². The smallest absolute Gasteiger partial charge is 0.339 e. The zero-order valence-corrected chi connectivity index (χ0v) is 20.2. The first-order valence-electron chi connectivity index (χ1n) is 11.4. The summed E-state index contributed by atoms with van der Waals surface area (Å²) in [5.41, 5.74) is 2.45. The number of fused-ring (bicyclic) bond motifs is 1. The molecule has 1 aliphatic rings. The van der Waals surface area contributed by atoms with Crippen molar-refractivity contribution >= 4 is 26.7 Å². The van der Waals surface area contributed by atoms with Crippen LogP contribution in [0.3, 0.4) is 0 Å². The first kappa shape index (κ1) is 23.1. The number of aromatic nitrogens is 2. The summed E-state index contributed by atoms with van der Waals surface area (Å²) >= 11 is 0. The van der Waals surface area contributed by atoms with Crippen molar-refractivity contribution < 1.29 is 12.6 Å². The summed E-state index contributed by atoms with van der Waals surface area (Å²) in [6.07, 6.45) is 0. The number of nitrogens with one attached hydrogen (secondary N) is 1. The van der Waals surface area contributed by atoms with Crippen LogP contribution < -0.4 is 14.6 Å². The molecule has 0 aliphatic carbocycles. The summed E-state index contributed by atoms with van der Waals surface area (Å²) in [5, 5.41) is 0.590. The van der Waals surface area contributed by atoms with E-state index in [1.807, 2.05) is 31.2 Å². The van der Waals surface area contributed by atoms with Gasteiger partial charge in [0.05, 0.1) is 17.4 Å². The minimum atomic E-state index is -3.90. The van der Waals surface area contributed by atoms with Gasteiger partial charge in [0.1, 0.15) is 16.5 Å². The topological polar surface area (TPSA) is 95.6 Å². The average Bonchev–Trinajstić information content (AvgIpc) is 2.85. The second-order valence-electron chi connectivity index (χ2n) is 8.64. The number of nitrogens with zero attached hydrogens (tertiary/aromatic N) is 3. The number of piperazine rings is 1. The van der Waals surface area contributed by atoms with Crippen molar-refractivity contribution in [2.75, 3.05) is 31.1 Å². The third kappa shape index (κ3) is 5.21. The van der Waals surface area contributed by atoms with Crippen LogP contribution in [0.2, 0.25) is 0 Å². The maximum absolute atomic E-state index is 12.6. The summed E-state index contributed by atoms with van der Waals surface area (Å²) in [7, 11) is -3.90. The van der Waals surface area contributed by atoms with Gasteiger partial charge in [-0.15, -0.1) is 0 Å². The summed E-state index contributed by atoms with van der Waals surface area (Å²) in [6.45, 7) is 5.54. The van der Waals surface area contributed by atoms with Gasteiger partial charge in [-0.2, -0.15) is 8.42 Å². The SMILES string of the molecule is Cc1ccc(S(=O)(=O)Oc2cccc(N3CCN(Cc4nc5ccccc5c(=O)[nH]4)CC3)c2)cc1. The minimum absolute atomic E-state index is 0.123. The molecule has 0 atom stereocenters. The van der Waals surface area contributed by atoms with Gasteiger partial charge in [-0.3, -0.25) is 9.69 Å². The molecule has 0 bridgehead atoms. The van der Waals surface area contributed by atoms with Gasteiger partial charge in [0.25, 0.3) is 5.56 Å². The van der Waals surface area contributed by atoms with Crippen LogP contribution >= 0.6 is 0 Å². The van der Waals surface area contributed by atoms with Crippen molar-refractivity contribution in [3.05, 3.63) is 94.5 Å². The highest BCUT2D eigenvalue weighted by Gasteiger charge is 2.20. The number of rotatable bonds is 6. The van der Waals surface area contributed by atoms with Gasteiger partial charge in [-0.1, -0.05) is 35.9 Å². The number of anilines is 1. The lowest BCUT2D eigenvalue weighted by atomic mass is 10.2. The number of para-hydroxylation sites is 1. The molecule has 3 aromatic carbocycles. The van der Waals surface area contributed by atoms with Crippen molar-refractivity contribution in [1.82, 2.24) is 14.9 Å². The Bertz CT molecular complexity index is 1510. The largest absolute Gasteiger partial charge is 0.379 e. The maximum Gasteiger partial charge on any atom is 0.339 e. The van der Waals surface area contributed by atoms with E-state index in [0.717, 1.165) is 37.4 Å². The molecule has 0 spiro atoms. The fraction of sp³-hybridized carbons (Fsp3) is 0.231. The number of H-pyrrole nitrogens is 1. The number of hydrogen-bond donors (Lipinski definition) is 1.